The number of unbranched alkanes of at least 4 members (excludes halogenated alkanes) is 5. The van der Waals surface area contributed by atoms with E-state index in [1.807, 2.05) is 0 Å². The van der Waals surface area contributed by atoms with Crippen LogP contribution in [0.25, 0.3) is 0 Å². The van der Waals surface area contributed by atoms with Crippen LogP contribution < -0.4 is 15.6 Å². The van der Waals surface area contributed by atoms with Crippen LogP contribution in [0.15, 0.2) is 48.5 Å². The fourth-order valence-electron chi connectivity index (χ4n) is 2.67. The monoisotopic (exact) mass is 388 g/mol. The number of nitrogens with zero attached hydrogens (tertiary/aromatic N) is 1. The molecule has 0 fully saturated rings. The number of rotatable bonds is 11. The van der Waals surface area contributed by atoms with E-state index < -0.39 is 6.09 Å². The van der Waals surface area contributed by atoms with Gasteiger partial charge in [0.05, 0.1) is 12.3 Å². The van der Waals surface area contributed by atoms with Crippen LogP contribution in [0.1, 0.15) is 51.0 Å². The Labute approximate surface area is 166 Å². The second kappa shape index (κ2) is 12.0. The van der Waals surface area contributed by atoms with Gasteiger partial charge in [-0.1, -0.05) is 51.2 Å². The van der Waals surface area contributed by atoms with Gasteiger partial charge < -0.3 is 9.47 Å². The third-order valence-corrected chi connectivity index (χ3v) is 4.35. The smallest absolute Gasteiger partial charge is 0.428 e. The van der Waals surface area contributed by atoms with Crippen molar-refractivity contribution in [1.82, 2.24) is 0 Å². The van der Waals surface area contributed by atoms with Crippen LogP contribution in [0.2, 0.25) is 0 Å². The van der Waals surface area contributed by atoms with Crippen molar-refractivity contribution < 1.29 is 18.7 Å². The van der Waals surface area contributed by atoms with Crippen LogP contribution in [0.5, 0.6) is 5.75 Å². The maximum Gasteiger partial charge on any atom is 0.428 e. The quantitative estimate of drug-likeness (QED) is 0.236. The van der Waals surface area contributed by atoms with Crippen LogP contribution >= 0.6 is 0 Å². The van der Waals surface area contributed by atoms with Gasteiger partial charge in [-0.05, 0) is 48.4 Å². The molecule has 152 valence electrons. The predicted molar refractivity (Wildman–Crippen MR) is 109 cm³/mol. The number of amides is 1. The fraction of sp³-hybridized carbons (Fsp3) is 0.409. The summed E-state index contributed by atoms with van der Waals surface area (Å²) in [5.74, 6) is 6.18. The second-order valence-electron chi connectivity index (χ2n) is 6.66. The third-order valence-electron chi connectivity index (χ3n) is 4.35. The Kier molecular flexibility index (Phi) is 9.28. The summed E-state index contributed by atoms with van der Waals surface area (Å²) in [7, 11) is 0. The molecule has 1 amide bonds. The summed E-state index contributed by atoms with van der Waals surface area (Å²) in [4.78, 5) is 12.0. The third kappa shape index (κ3) is 7.56. The van der Waals surface area contributed by atoms with Gasteiger partial charge in [0.2, 0.25) is 0 Å². The minimum absolute atomic E-state index is 0.278. The number of carbonyl (C=O) groups is 1. The molecule has 0 aliphatic carbocycles. The molecule has 2 aromatic carbocycles. The molecule has 0 aliphatic rings. The average molecular weight is 388 g/mol. The van der Waals surface area contributed by atoms with Gasteiger partial charge in [-0.2, -0.15) is 0 Å². The maximum atomic E-state index is 12.9. The number of benzene rings is 2. The van der Waals surface area contributed by atoms with Gasteiger partial charge in [0.1, 0.15) is 18.2 Å². The summed E-state index contributed by atoms with van der Waals surface area (Å²) in [6, 6.07) is 12.9. The number of hydrazine groups is 1. The molecule has 0 unspecified atom stereocenters. The molecule has 0 saturated carbocycles. The Hall–Kier alpha value is -2.60. The van der Waals surface area contributed by atoms with Crippen LogP contribution in [-0.4, -0.2) is 12.7 Å². The molecule has 0 aliphatic heterocycles. The second-order valence-corrected chi connectivity index (χ2v) is 6.66. The van der Waals surface area contributed by atoms with Crippen molar-refractivity contribution in [2.45, 2.75) is 52.1 Å². The highest BCUT2D eigenvalue weighted by Crippen LogP contribution is 2.19. The van der Waals surface area contributed by atoms with E-state index in [4.69, 9.17) is 15.3 Å². The first-order valence-corrected chi connectivity index (χ1v) is 9.79. The lowest BCUT2D eigenvalue weighted by Gasteiger charge is -2.17. The molecule has 0 saturated heterocycles. The fourth-order valence-corrected chi connectivity index (χ4v) is 2.67. The predicted octanol–water partition coefficient (Wildman–Crippen LogP) is 5.58. The Balaban J connectivity index is 1.72. The Morgan fingerprint density at radius 2 is 1.61 bits per heavy atom. The number of hydrogen-bond donors (Lipinski definition) is 1. The Morgan fingerprint density at radius 3 is 2.29 bits per heavy atom. The van der Waals surface area contributed by atoms with Crippen molar-refractivity contribution in [3.8, 4) is 5.75 Å². The zero-order chi connectivity index (χ0) is 20.2. The standard InChI is InChI=1S/C22H29FN2O3/c1-2-3-4-5-6-7-16-27-22(26)25(24)20-12-14-21(15-13-20)28-17-18-8-10-19(23)11-9-18/h8-15H,2-7,16-17,24H2,1H3. The van der Waals surface area contributed by atoms with Crippen molar-refractivity contribution in [3.05, 3.63) is 59.9 Å². The normalized spacial score (nSPS) is 10.5. The molecule has 2 aromatic rings. The van der Waals surface area contributed by atoms with Gasteiger partial charge in [0.25, 0.3) is 0 Å². The molecular formula is C22H29FN2O3. The molecule has 28 heavy (non-hydrogen) atoms. The molecule has 2 N–H and O–H groups in total. The number of hydrogen-bond acceptors (Lipinski definition) is 4. The lowest BCUT2D eigenvalue weighted by Crippen LogP contribution is -2.38. The van der Waals surface area contributed by atoms with Gasteiger partial charge in [0.15, 0.2) is 0 Å². The van der Waals surface area contributed by atoms with Crippen LogP contribution in [-0.2, 0) is 11.3 Å². The van der Waals surface area contributed by atoms with Gasteiger partial charge in [-0.15, -0.1) is 0 Å². The van der Waals surface area contributed by atoms with E-state index in [-0.39, 0.29) is 5.82 Å². The molecule has 0 radical (unpaired) electrons. The number of nitrogens with two attached hydrogens (primary N) is 1. The van der Waals surface area contributed by atoms with Gasteiger partial charge in [-0.3, -0.25) is 0 Å². The minimum Gasteiger partial charge on any atom is -0.489 e. The van der Waals surface area contributed by atoms with Crippen LogP contribution in [0.3, 0.4) is 0 Å². The molecule has 0 aromatic heterocycles. The van der Waals surface area contributed by atoms with Crippen molar-refractivity contribution in [3.63, 3.8) is 0 Å². The maximum absolute atomic E-state index is 12.9. The first-order valence-electron chi connectivity index (χ1n) is 9.79. The van der Waals surface area contributed by atoms with E-state index in [0.29, 0.717) is 24.7 Å². The van der Waals surface area contributed by atoms with Crippen LogP contribution in [0, 0.1) is 5.82 Å². The van der Waals surface area contributed by atoms with E-state index in [1.165, 1.54) is 31.4 Å². The first kappa shape index (κ1) is 21.7. The largest absolute Gasteiger partial charge is 0.489 e. The summed E-state index contributed by atoms with van der Waals surface area (Å²) in [5, 5.41) is 0.987. The molecule has 5 nitrogen and oxygen atoms in total. The number of anilines is 1. The van der Waals surface area contributed by atoms with E-state index in [9.17, 15) is 9.18 Å². The zero-order valence-corrected chi connectivity index (χ0v) is 16.4. The van der Waals surface area contributed by atoms with Gasteiger partial charge >= 0.3 is 6.09 Å². The first-order chi connectivity index (χ1) is 13.6. The summed E-state index contributed by atoms with van der Waals surface area (Å²) in [6.45, 7) is 2.88. The zero-order valence-electron chi connectivity index (χ0n) is 16.4. The van der Waals surface area contributed by atoms with E-state index >= 15 is 0 Å². The summed E-state index contributed by atoms with van der Waals surface area (Å²) >= 11 is 0. The highest BCUT2D eigenvalue weighted by molar-refractivity contribution is 5.86. The molecule has 0 atom stereocenters. The molecule has 0 heterocycles. The lowest BCUT2D eigenvalue weighted by molar-refractivity contribution is 0.151. The highest BCUT2D eigenvalue weighted by atomic mass is 19.1. The van der Waals surface area contributed by atoms with Crippen molar-refractivity contribution in [1.29, 1.82) is 0 Å². The minimum atomic E-state index is -0.575. The summed E-state index contributed by atoms with van der Waals surface area (Å²) in [6.07, 6.45) is 6.18. The number of ether oxygens (including phenoxy) is 2. The Bertz CT molecular complexity index is 705. The molecule has 2 rings (SSSR count). The highest BCUT2D eigenvalue weighted by Gasteiger charge is 2.13. The van der Waals surface area contributed by atoms with Crippen molar-refractivity contribution in [2.75, 3.05) is 11.6 Å². The van der Waals surface area contributed by atoms with Crippen molar-refractivity contribution in [2.24, 2.45) is 5.84 Å². The Morgan fingerprint density at radius 1 is 0.964 bits per heavy atom. The lowest BCUT2D eigenvalue weighted by atomic mass is 10.1. The average Bonchev–Trinajstić information content (AvgIpc) is 2.72. The van der Waals surface area contributed by atoms with E-state index in [1.54, 1.807) is 36.4 Å². The van der Waals surface area contributed by atoms with E-state index in [2.05, 4.69) is 6.92 Å². The number of carbonyl (C=O) groups excluding carboxylic acids is 1. The van der Waals surface area contributed by atoms with Crippen LogP contribution in [0.4, 0.5) is 14.9 Å². The van der Waals surface area contributed by atoms with Crippen molar-refractivity contribution >= 4 is 11.8 Å². The molecule has 6 heteroatoms. The van der Waals surface area contributed by atoms with E-state index in [0.717, 1.165) is 29.8 Å². The SMILES string of the molecule is CCCCCCCCOC(=O)N(N)c1ccc(OCc2ccc(F)cc2)cc1. The number of halogens is 1. The molecular weight excluding hydrogens is 359 g/mol. The summed E-state index contributed by atoms with van der Waals surface area (Å²) in [5.41, 5.74) is 1.38. The van der Waals surface area contributed by atoms with Gasteiger partial charge in [0, 0.05) is 0 Å². The molecule has 0 spiro atoms. The topological polar surface area (TPSA) is 64.8 Å². The molecule has 0 bridgehead atoms. The van der Waals surface area contributed by atoms with Gasteiger partial charge in [-0.25, -0.2) is 20.0 Å². The summed E-state index contributed by atoms with van der Waals surface area (Å²) < 4.78 is 23.8.